The molecule has 0 saturated heterocycles. The molecule has 0 spiro atoms. The zero-order valence-corrected chi connectivity index (χ0v) is 12.0. The monoisotopic (exact) mass is 312 g/mol. The normalized spacial score (nSPS) is 10.3. The maximum Gasteiger partial charge on any atom is 0.362 e. The standard InChI is InChI=1S/C13H10Cl2N2O3/c1-2-20-13(19)12-11(18)5-6-17(16-12)8-3-4-9(14)10(15)7-8/h3-7H,2H2,1H3. The van der Waals surface area contributed by atoms with E-state index in [1.807, 2.05) is 0 Å². The topological polar surface area (TPSA) is 61.2 Å². The van der Waals surface area contributed by atoms with E-state index in [4.69, 9.17) is 27.9 Å². The van der Waals surface area contributed by atoms with Gasteiger partial charge < -0.3 is 4.74 Å². The maximum absolute atomic E-state index is 11.6. The van der Waals surface area contributed by atoms with Gasteiger partial charge in [0.05, 0.1) is 22.3 Å². The molecule has 0 N–H and O–H groups in total. The second kappa shape index (κ2) is 6.07. The van der Waals surface area contributed by atoms with E-state index in [0.717, 1.165) is 0 Å². The Labute approximate surface area is 124 Å². The quantitative estimate of drug-likeness (QED) is 0.818. The molecule has 0 unspecified atom stereocenters. The first-order chi connectivity index (χ1) is 9.52. The zero-order valence-electron chi connectivity index (χ0n) is 10.5. The van der Waals surface area contributed by atoms with Gasteiger partial charge in [0.1, 0.15) is 0 Å². The number of aromatic nitrogens is 2. The first-order valence-electron chi connectivity index (χ1n) is 5.75. The van der Waals surface area contributed by atoms with Crippen molar-refractivity contribution in [1.29, 1.82) is 0 Å². The molecule has 1 aromatic carbocycles. The van der Waals surface area contributed by atoms with Gasteiger partial charge in [-0.3, -0.25) is 4.79 Å². The average molecular weight is 313 g/mol. The highest BCUT2D eigenvalue weighted by Gasteiger charge is 2.14. The summed E-state index contributed by atoms with van der Waals surface area (Å²) < 4.78 is 6.14. The number of carbonyl (C=O) groups excluding carboxylic acids is 1. The lowest BCUT2D eigenvalue weighted by Gasteiger charge is -2.08. The van der Waals surface area contributed by atoms with E-state index in [2.05, 4.69) is 5.10 Å². The summed E-state index contributed by atoms with van der Waals surface area (Å²) in [6.45, 7) is 1.82. The highest BCUT2D eigenvalue weighted by molar-refractivity contribution is 6.42. The van der Waals surface area contributed by atoms with Crippen LogP contribution < -0.4 is 5.43 Å². The molecule has 104 valence electrons. The van der Waals surface area contributed by atoms with Crippen molar-refractivity contribution in [2.24, 2.45) is 0 Å². The van der Waals surface area contributed by atoms with Crippen molar-refractivity contribution in [3.8, 4) is 5.69 Å². The third-order valence-electron chi connectivity index (χ3n) is 2.44. The maximum atomic E-state index is 11.6. The van der Waals surface area contributed by atoms with E-state index in [0.29, 0.717) is 15.7 Å². The lowest BCUT2D eigenvalue weighted by molar-refractivity contribution is 0.0515. The molecule has 0 aliphatic heterocycles. The third-order valence-corrected chi connectivity index (χ3v) is 3.18. The van der Waals surface area contributed by atoms with Crippen LogP contribution in [0.15, 0.2) is 35.3 Å². The Balaban J connectivity index is 2.48. The lowest BCUT2D eigenvalue weighted by Crippen LogP contribution is -2.22. The van der Waals surface area contributed by atoms with Crippen LogP contribution in [0.2, 0.25) is 10.0 Å². The Morgan fingerprint density at radius 3 is 2.70 bits per heavy atom. The van der Waals surface area contributed by atoms with Crippen LogP contribution in [0.4, 0.5) is 0 Å². The highest BCUT2D eigenvalue weighted by atomic mass is 35.5. The van der Waals surface area contributed by atoms with Crippen LogP contribution >= 0.6 is 23.2 Å². The number of carbonyl (C=O) groups is 1. The van der Waals surface area contributed by atoms with Gasteiger partial charge in [-0.2, -0.15) is 5.10 Å². The van der Waals surface area contributed by atoms with Crippen molar-refractivity contribution in [3.63, 3.8) is 0 Å². The van der Waals surface area contributed by atoms with E-state index >= 15 is 0 Å². The van der Waals surface area contributed by atoms with Gasteiger partial charge in [-0.15, -0.1) is 0 Å². The molecule has 2 rings (SSSR count). The minimum Gasteiger partial charge on any atom is -0.461 e. The Morgan fingerprint density at radius 1 is 1.30 bits per heavy atom. The van der Waals surface area contributed by atoms with E-state index in [-0.39, 0.29) is 12.3 Å². The fourth-order valence-corrected chi connectivity index (χ4v) is 1.81. The molecule has 0 amide bonds. The van der Waals surface area contributed by atoms with E-state index < -0.39 is 11.4 Å². The van der Waals surface area contributed by atoms with Crippen LogP contribution in [0.25, 0.3) is 5.69 Å². The van der Waals surface area contributed by atoms with Crippen LogP contribution in [0.1, 0.15) is 17.4 Å². The Bertz CT molecular complexity index is 713. The fraction of sp³-hybridized carbons (Fsp3) is 0.154. The van der Waals surface area contributed by atoms with Crippen molar-refractivity contribution in [1.82, 2.24) is 9.78 Å². The molecule has 0 atom stereocenters. The van der Waals surface area contributed by atoms with Crippen LogP contribution in [-0.4, -0.2) is 22.4 Å². The molecule has 20 heavy (non-hydrogen) atoms. The first kappa shape index (κ1) is 14.6. The Morgan fingerprint density at radius 2 is 2.05 bits per heavy atom. The second-order valence-corrected chi connectivity index (χ2v) is 4.61. The van der Waals surface area contributed by atoms with Gasteiger partial charge >= 0.3 is 5.97 Å². The van der Waals surface area contributed by atoms with Crippen molar-refractivity contribution in [2.45, 2.75) is 6.92 Å². The van der Waals surface area contributed by atoms with Crippen molar-refractivity contribution in [2.75, 3.05) is 6.61 Å². The predicted molar refractivity (Wildman–Crippen MR) is 75.8 cm³/mol. The van der Waals surface area contributed by atoms with Gasteiger partial charge in [-0.05, 0) is 25.1 Å². The van der Waals surface area contributed by atoms with Crippen LogP contribution in [0, 0.1) is 0 Å². The highest BCUT2D eigenvalue weighted by Crippen LogP contribution is 2.23. The Kier molecular flexibility index (Phi) is 4.42. The van der Waals surface area contributed by atoms with E-state index in [9.17, 15) is 9.59 Å². The van der Waals surface area contributed by atoms with Crippen LogP contribution in [0.5, 0.6) is 0 Å². The molecule has 5 nitrogen and oxygen atoms in total. The van der Waals surface area contributed by atoms with Crippen LogP contribution in [0.3, 0.4) is 0 Å². The molecular formula is C13H10Cl2N2O3. The van der Waals surface area contributed by atoms with Crippen molar-refractivity contribution in [3.05, 3.63) is 56.4 Å². The summed E-state index contributed by atoms with van der Waals surface area (Å²) in [6.07, 6.45) is 1.44. The summed E-state index contributed by atoms with van der Waals surface area (Å²) in [5, 5.41) is 4.71. The van der Waals surface area contributed by atoms with E-state index in [1.165, 1.54) is 16.9 Å². The molecule has 0 aliphatic rings. The summed E-state index contributed by atoms with van der Waals surface area (Å²) in [7, 11) is 0. The Hall–Kier alpha value is -1.85. The molecule has 0 bridgehead atoms. The number of rotatable bonds is 3. The number of nitrogens with zero attached hydrogens (tertiary/aromatic N) is 2. The number of halogens is 2. The van der Waals surface area contributed by atoms with Gasteiger partial charge in [-0.1, -0.05) is 23.2 Å². The largest absolute Gasteiger partial charge is 0.461 e. The van der Waals surface area contributed by atoms with Gasteiger partial charge in [-0.25, -0.2) is 9.48 Å². The van der Waals surface area contributed by atoms with E-state index in [1.54, 1.807) is 25.1 Å². The average Bonchev–Trinajstić information content (AvgIpc) is 2.42. The zero-order chi connectivity index (χ0) is 14.7. The second-order valence-electron chi connectivity index (χ2n) is 3.79. The molecule has 0 saturated carbocycles. The number of hydrogen-bond donors (Lipinski definition) is 0. The molecular weight excluding hydrogens is 303 g/mol. The lowest BCUT2D eigenvalue weighted by atomic mass is 10.3. The van der Waals surface area contributed by atoms with Crippen molar-refractivity contribution < 1.29 is 9.53 Å². The summed E-state index contributed by atoms with van der Waals surface area (Å²) in [4.78, 5) is 23.2. The number of esters is 1. The molecule has 0 radical (unpaired) electrons. The molecule has 1 heterocycles. The molecule has 0 fully saturated rings. The summed E-state index contributed by atoms with van der Waals surface area (Å²) >= 11 is 11.8. The van der Waals surface area contributed by atoms with Gasteiger partial charge in [0.25, 0.3) is 0 Å². The summed E-state index contributed by atoms with van der Waals surface area (Å²) in [5.74, 6) is -0.757. The summed E-state index contributed by atoms with van der Waals surface area (Å²) in [6, 6.07) is 6.09. The van der Waals surface area contributed by atoms with Gasteiger partial charge in [0, 0.05) is 12.3 Å². The van der Waals surface area contributed by atoms with Gasteiger partial charge in [0.15, 0.2) is 0 Å². The molecule has 2 aromatic rings. The number of ether oxygens (including phenoxy) is 1. The van der Waals surface area contributed by atoms with Gasteiger partial charge in [0.2, 0.25) is 11.1 Å². The molecule has 0 aliphatic carbocycles. The minimum atomic E-state index is -0.757. The SMILES string of the molecule is CCOC(=O)c1nn(-c2ccc(Cl)c(Cl)c2)ccc1=O. The minimum absolute atomic E-state index is 0.168. The van der Waals surface area contributed by atoms with Crippen LogP contribution in [-0.2, 0) is 4.74 Å². The number of benzene rings is 1. The summed E-state index contributed by atoms with van der Waals surface area (Å²) in [5.41, 5.74) is -0.204. The van der Waals surface area contributed by atoms with Crippen molar-refractivity contribution >= 4 is 29.2 Å². The fourth-order valence-electron chi connectivity index (χ4n) is 1.52. The number of hydrogen-bond acceptors (Lipinski definition) is 4. The molecule has 7 heteroatoms. The molecule has 1 aromatic heterocycles. The third kappa shape index (κ3) is 3.00. The first-order valence-corrected chi connectivity index (χ1v) is 6.51. The predicted octanol–water partition coefficient (Wildman–Crippen LogP) is 2.72. The smallest absolute Gasteiger partial charge is 0.362 e.